The smallest absolute Gasteiger partial charge is 0.312 e. The summed E-state index contributed by atoms with van der Waals surface area (Å²) >= 11 is 0. The first-order valence-corrected chi connectivity index (χ1v) is 8.34. The number of esters is 1. The molecule has 0 radical (unpaired) electrons. The summed E-state index contributed by atoms with van der Waals surface area (Å²) in [5.41, 5.74) is -0.380. The van der Waals surface area contributed by atoms with E-state index in [1.807, 2.05) is 13.8 Å². The van der Waals surface area contributed by atoms with Crippen LogP contribution in [0.5, 0.6) is 0 Å². The molecular formula is C18H36O2. The van der Waals surface area contributed by atoms with Gasteiger partial charge in [-0.1, -0.05) is 40.5 Å². The summed E-state index contributed by atoms with van der Waals surface area (Å²) in [5.74, 6) is 0.559. The first-order chi connectivity index (χ1) is 9.13. The topological polar surface area (TPSA) is 26.3 Å². The van der Waals surface area contributed by atoms with E-state index in [-0.39, 0.29) is 17.5 Å². The van der Waals surface area contributed by atoms with Gasteiger partial charge in [0.1, 0.15) is 0 Å². The van der Waals surface area contributed by atoms with Crippen LogP contribution in [0.25, 0.3) is 0 Å². The molecule has 0 aromatic carbocycles. The van der Waals surface area contributed by atoms with Gasteiger partial charge in [0.15, 0.2) is 0 Å². The molecule has 0 aromatic heterocycles. The van der Waals surface area contributed by atoms with E-state index in [1.54, 1.807) is 0 Å². The molecule has 0 saturated carbocycles. The van der Waals surface area contributed by atoms with Gasteiger partial charge >= 0.3 is 5.97 Å². The summed E-state index contributed by atoms with van der Waals surface area (Å²) in [7, 11) is 0. The summed E-state index contributed by atoms with van der Waals surface area (Å²) in [5, 5.41) is 0. The van der Waals surface area contributed by atoms with Crippen LogP contribution in [0, 0.1) is 16.7 Å². The van der Waals surface area contributed by atoms with E-state index in [2.05, 4.69) is 41.5 Å². The van der Waals surface area contributed by atoms with Crippen LogP contribution < -0.4 is 0 Å². The summed E-state index contributed by atoms with van der Waals surface area (Å²) in [6.45, 7) is 17.0. The van der Waals surface area contributed by atoms with Gasteiger partial charge in [0.05, 0.1) is 11.5 Å². The minimum absolute atomic E-state index is 0.0360. The largest absolute Gasteiger partial charge is 0.463 e. The Morgan fingerprint density at radius 1 is 1.10 bits per heavy atom. The zero-order valence-corrected chi connectivity index (χ0v) is 15.0. The van der Waals surface area contributed by atoms with Crippen LogP contribution >= 0.6 is 0 Å². The number of hydrogen-bond acceptors (Lipinski definition) is 2. The Labute approximate surface area is 126 Å². The second kappa shape index (κ2) is 8.05. The molecule has 2 heteroatoms. The Morgan fingerprint density at radius 3 is 2.00 bits per heavy atom. The Hall–Kier alpha value is -0.530. The molecule has 0 saturated heterocycles. The lowest BCUT2D eigenvalue weighted by molar-refractivity contribution is -0.168. The number of unbranched alkanes of at least 4 members (excludes halogenated alkanes) is 1. The molecule has 2 nitrogen and oxygen atoms in total. The summed E-state index contributed by atoms with van der Waals surface area (Å²) in [4.78, 5) is 12.6. The molecule has 0 aliphatic heterocycles. The number of carbonyl (C=O) groups excluding carboxylic acids is 1. The molecule has 0 spiro atoms. The minimum Gasteiger partial charge on any atom is -0.463 e. The van der Waals surface area contributed by atoms with E-state index in [9.17, 15) is 4.79 Å². The molecule has 0 aromatic rings. The lowest BCUT2D eigenvalue weighted by Crippen LogP contribution is -2.46. The SMILES string of the molecule is CCCCC(CC)(CC(C)C)C(C)(C)C(=O)OC(C)C. The van der Waals surface area contributed by atoms with Crippen molar-refractivity contribution < 1.29 is 9.53 Å². The molecule has 0 heterocycles. The zero-order chi connectivity index (χ0) is 16.0. The third-order valence-electron chi connectivity index (χ3n) is 4.66. The van der Waals surface area contributed by atoms with Crippen molar-refractivity contribution in [3.63, 3.8) is 0 Å². The van der Waals surface area contributed by atoms with E-state index in [0.29, 0.717) is 5.92 Å². The fraction of sp³-hybridized carbons (Fsp3) is 0.944. The molecule has 0 rings (SSSR count). The maximum absolute atomic E-state index is 12.6. The Kier molecular flexibility index (Phi) is 7.83. The molecule has 0 N–H and O–H groups in total. The average Bonchev–Trinajstić information content (AvgIpc) is 2.32. The molecule has 0 aliphatic rings. The highest BCUT2D eigenvalue weighted by Crippen LogP contribution is 2.51. The molecule has 1 atom stereocenters. The second-order valence-corrected chi connectivity index (χ2v) is 7.41. The average molecular weight is 284 g/mol. The number of rotatable bonds is 9. The van der Waals surface area contributed by atoms with Crippen molar-refractivity contribution in [2.45, 2.75) is 93.6 Å². The number of hydrogen-bond donors (Lipinski definition) is 0. The predicted molar refractivity (Wildman–Crippen MR) is 86.7 cm³/mol. The highest BCUT2D eigenvalue weighted by molar-refractivity contribution is 5.77. The van der Waals surface area contributed by atoms with E-state index >= 15 is 0 Å². The molecule has 0 amide bonds. The van der Waals surface area contributed by atoms with Gasteiger partial charge in [-0.25, -0.2) is 0 Å². The Morgan fingerprint density at radius 2 is 1.65 bits per heavy atom. The number of ether oxygens (including phenoxy) is 1. The molecule has 0 aliphatic carbocycles. The maximum atomic E-state index is 12.6. The molecule has 120 valence electrons. The third-order valence-corrected chi connectivity index (χ3v) is 4.66. The lowest BCUT2D eigenvalue weighted by atomic mass is 9.58. The van der Waals surface area contributed by atoms with E-state index in [0.717, 1.165) is 19.3 Å². The summed E-state index contributed by atoms with van der Waals surface area (Å²) in [6.07, 6.45) is 5.54. The fourth-order valence-corrected chi connectivity index (χ4v) is 3.31. The molecule has 1 unspecified atom stereocenters. The van der Waals surface area contributed by atoms with Gasteiger partial charge in [-0.2, -0.15) is 0 Å². The van der Waals surface area contributed by atoms with Gasteiger partial charge in [0.2, 0.25) is 0 Å². The molecule has 0 fully saturated rings. The maximum Gasteiger partial charge on any atom is 0.312 e. The van der Waals surface area contributed by atoms with Gasteiger partial charge in [-0.15, -0.1) is 0 Å². The van der Waals surface area contributed by atoms with Crippen LogP contribution in [0.4, 0.5) is 0 Å². The first kappa shape index (κ1) is 19.5. The summed E-state index contributed by atoms with van der Waals surface area (Å²) in [6, 6.07) is 0. The van der Waals surface area contributed by atoms with Gasteiger partial charge < -0.3 is 4.74 Å². The lowest BCUT2D eigenvalue weighted by Gasteiger charge is -2.46. The van der Waals surface area contributed by atoms with Gasteiger partial charge in [0.25, 0.3) is 0 Å². The zero-order valence-electron chi connectivity index (χ0n) is 15.0. The van der Waals surface area contributed by atoms with E-state index in [1.165, 1.54) is 12.8 Å². The van der Waals surface area contributed by atoms with Crippen LogP contribution in [-0.4, -0.2) is 12.1 Å². The van der Waals surface area contributed by atoms with Crippen LogP contribution in [0.2, 0.25) is 0 Å². The third kappa shape index (κ3) is 4.79. The second-order valence-electron chi connectivity index (χ2n) is 7.41. The summed E-state index contributed by atoms with van der Waals surface area (Å²) < 4.78 is 5.55. The Bertz CT molecular complexity index is 292. The quantitative estimate of drug-likeness (QED) is 0.515. The highest BCUT2D eigenvalue weighted by Gasteiger charge is 2.49. The normalized spacial score (nSPS) is 15.5. The van der Waals surface area contributed by atoms with Gasteiger partial charge in [-0.05, 0) is 58.3 Å². The number of carbonyl (C=O) groups is 1. The van der Waals surface area contributed by atoms with E-state index < -0.39 is 5.41 Å². The predicted octanol–water partition coefficient (Wildman–Crippen LogP) is 5.60. The van der Waals surface area contributed by atoms with Crippen molar-refractivity contribution in [1.29, 1.82) is 0 Å². The van der Waals surface area contributed by atoms with Crippen molar-refractivity contribution in [2.75, 3.05) is 0 Å². The van der Waals surface area contributed by atoms with Crippen molar-refractivity contribution in [2.24, 2.45) is 16.7 Å². The van der Waals surface area contributed by atoms with Crippen molar-refractivity contribution in [3.05, 3.63) is 0 Å². The molecular weight excluding hydrogens is 248 g/mol. The first-order valence-electron chi connectivity index (χ1n) is 8.34. The van der Waals surface area contributed by atoms with E-state index in [4.69, 9.17) is 4.74 Å². The minimum atomic E-state index is -0.425. The Balaban J connectivity index is 5.38. The van der Waals surface area contributed by atoms with Crippen LogP contribution in [-0.2, 0) is 9.53 Å². The standard InChI is InChI=1S/C18H36O2/c1-9-11-12-18(10-2,13-14(3)4)17(7,8)16(19)20-15(5)6/h14-15H,9-13H2,1-8H3. The molecule has 20 heavy (non-hydrogen) atoms. The van der Waals surface area contributed by atoms with Crippen molar-refractivity contribution >= 4 is 5.97 Å². The van der Waals surface area contributed by atoms with Gasteiger partial charge in [0, 0.05) is 0 Å². The van der Waals surface area contributed by atoms with Crippen LogP contribution in [0.15, 0.2) is 0 Å². The van der Waals surface area contributed by atoms with Crippen molar-refractivity contribution in [3.8, 4) is 0 Å². The van der Waals surface area contributed by atoms with Crippen LogP contribution in [0.3, 0.4) is 0 Å². The van der Waals surface area contributed by atoms with Crippen molar-refractivity contribution in [1.82, 2.24) is 0 Å². The fourth-order valence-electron chi connectivity index (χ4n) is 3.31. The highest BCUT2D eigenvalue weighted by atomic mass is 16.5. The van der Waals surface area contributed by atoms with Crippen LogP contribution in [0.1, 0.15) is 87.5 Å². The van der Waals surface area contributed by atoms with Gasteiger partial charge in [-0.3, -0.25) is 4.79 Å². The molecule has 0 bridgehead atoms. The monoisotopic (exact) mass is 284 g/mol.